The predicted molar refractivity (Wildman–Crippen MR) is 79.1 cm³/mol. The van der Waals surface area contributed by atoms with Gasteiger partial charge in [0.2, 0.25) is 0 Å². The Morgan fingerprint density at radius 3 is 2.81 bits per heavy atom. The summed E-state index contributed by atoms with van der Waals surface area (Å²) < 4.78 is 5.37. The van der Waals surface area contributed by atoms with Gasteiger partial charge in [0.15, 0.2) is 0 Å². The molecule has 112 valence electrons. The van der Waals surface area contributed by atoms with Crippen molar-refractivity contribution < 1.29 is 14.3 Å². The van der Waals surface area contributed by atoms with Crippen LogP contribution in [0.1, 0.15) is 18.4 Å². The second kappa shape index (κ2) is 6.06. The number of ether oxygens (including phenoxy) is 1. The first-order valence-electron chi connectivity index (χ1n) is 7.29. The molecule has 0 aromatic heterocycles. The fourth-order valence-electron chi connectivity index (χ4n) is 3.39. The van der Waals surface area contributed by atoms with E-state index >= 15 is 0 Å². The van der Waals surface area contributed by atoms with Gasteiger partial charge >= 0.3 is 6.09 Å². The van der Waals surface area contributed by atoms with Gasteiger partial charge in [-0.25, -0.2) is 4.79 Å². The highest BCUT2D eigenvalue weighted by atomic mass is 35.5. The normalized spacial score (nSPS) is 27.2. The van der Waals surface area contributed by atoms with Gasteiger partial charge in [0, 0.05) is 24.3 Å². The van der Waals surface area contributed by atoms with E-state index in [0.29, 0.717) is 18.8 Å². The number of likely N-dealkylation sites (tertiary alicyclic amines) is 1. The molecular formula is C16H18ClNO3. The summed E-state index contributed by atoms with van der Waals surface area (Å²) in [6.07, 6.45) is 1.07. The predicted octanol–water partition coefficient (Wildman–Crippen LogP) is 2.84. The van der Waals surface area contributed by atoms with E-state index in [2.05, 4.69) is 0 Å². The SMILES string of the molecule is O=C1[C@H]2CCN(C(=O)OCc3ccccc3)[C@H]2[C@H]1CCCl. The molecule has 2 aliphatic rings. The molecule has 1 saturated heterocycles. The van der Waals surface area contributed by atoms with Crippen molar-refractivity contribution in [1.82, 2.24) is 4.90 Å². The Balaban J connectivity index is 1.59. The molecule has 1 saturated carbocycles. The van der Waals surface area contributed by atoms with Crippen molar-refractivity contribution in [1.29, 1.82) is 0 Å². The number of rotatable bonds is 4. The lowest BCUT2D eigenvalue weighted by molar-refractivity contribution is -0.139. The summed E-state index contributed by atoms with van der Waals surface area (Å²) in [7, 11) is 0. The molecule has 21 heavy (non-hydrogen) atoms. The number of fused-ring (bicyclic) bond motifs is 1. The van der Waals surface area contributed by atoms with Crippen LogP contribution in [-0.4, -0.2) is 35.2 Å². The van der Waals surface area contributed by atoms with Crippen LogP contribution in [0, 0.1) is 11.8 Å². The quantitative estimate of drug-likeness (QED) is 0.804. The number of carbonyl (C=O) groups excluding carboxylic acids is 2. The van der Waals surface area contributed by atoms with Crippen molar-refractivity contribution in [3.8, 4) is 0 Å². The zero-order chi connectivity index (χ0) is 14.8. The second-order valence-electron chi connectivity index (χ2n) is 5.61. The first-order valence-corrected chi connectivity index (χ1v) is 7.83. The molecule has 1 aliphatic carbocycles. The number of benzene rings is 1. The molecule has 2 fully saturated rings. The molecule has 3 rings (SSSR count). The standard InChI is InChI=1S/C16H18ClNO3/c17-8-6-12-14-13(15(12)19)7-9-18(14)16(20)21-10-11-4-2-1-3-5-11/h1-5,12-14H,6-10H2/t12-,13+,14+/m1/s1. The lowest BCUT2D eigenvalue weighted by atomic mass is 9.68. The molecule has 0 unspecified atom stereocenters. The van der Waals surface area contributed by atoms with E-state index in [1.807, 2.05) is 30.3 Å². The van der Waals surface area contributed by atoms with Gasteiger partial charge in [-0.15, -0.1) is 11.6 Å². The van der Waals surface area contributed by atoms with Crippen LogP contribution in [0.15, 0.2) is 30.3 Å². The molecule has 1 aliphatic heterocycles. The molecule has 1 amide bonds. The van der Waals surface area contributed by atoms with Gasteiger partial charge in [0.1, 0.15) is 12.4 Å². The average Bonchev–Trinajstić information content (AvgIpc) is 2.91. The molecule has 0 radical (unpaired) electrons. The lowest BCUT2D eigenvalue weighted by Gasteiger charge is -2.41. The molecular weight excluding hydrogens is 290 g/mol. The van der Waals surface area contributed by atoms with E-state index in [1.165, 1.54) is 0 Å². The zero-order valence-corrected chi connectivity index (χ0v) is 12.5. The number of halogens is 1. The molecule has 4 nitrogen and oxygen atoms in total. The van der Waals surface area contributed by atoms with Gasteiger partial charge in [-0.2, -0.15) is 0 Å². The molecule has 1 heterocycles. The number of alkyl halides is 1. The van der Waals surface area contributed by atoms with Crippen molar-refractivity contribution in [3.05, 3.63) is 35.9 Å². The summed E-state index contributed by atoms with van der Waals surface area (Å²) >= 11 is 5.75. The van der Waals surface area contributed by atoms with E-state index < -0.39 is 0 Å². The number of nitrogens with zero attached hydrogens (tertiary/aromatic N) is 1. The van der Waals surface area contributed by atoms with Crippen molar-refractivity contribution in [2.75, 3.05) is 12.4 Å². The number of amides is 1. The number of hydrogen-bond donors (Lipinski definition) is 0. The molecule has 0 N–H and O–H groups in total. The summed E-state index contributed by atoms with van der Waals surface area (Å²) in [5.74, 6) is 0.618. The van der Waals surface area contributed by atoms with Crippen LogP contribution in [0.3, 0.4) is 0 Å². The van der Waals surface area contributed by atoms with Gasteiger partial charge in [-0.05, 0) is 18.4 Å². The highest BCUT2D eigenvalue weighted by Gasteiger charge is 2.56. The number of hydrogen-bond acceptors (Lipinski definition) is 3. The average molecular weight is 308 g/mol. The highest BCUT2D eigenvalue weighted by molar-refractivity contribution is 6.18. The van der Waals surface area contributed by atoms with E-state index in [4.69, 9.17) is 16.3 Å². The third-order valence-electron chi connectivity index (χ3n) is 4.46. The van der Waals surface area contributed by atoms with Crippen LogP contribution >= 0.6 is 11.6 Å². The van der Waals surface area contributed by atoms with Gasteiger partial charge < -0.3 is 9.64 Å². The Kier molecular flexibility index (Phi) is 4.15. The van der Waals surface area contributed by atoms with E-state index in [-0.39, 0.29) is 36.4 Å². The largest absolute Gasteiger partial charge is 0.445 e. The van der Waals surface area contributed by atoms with Crippen molar-refractivity contribution in [3.63, 3.8) is 0 Å². The van der Waals surface area contributed by atoms with Crippen LogP contribution in [0.4, 0.5) is 4.79 Å². The van der Waals surface area contributed by atoms with Gasteiger partial charge in [-0.1, -0.05) is 30.3 Å². The summed E-state index contributed by atoms with van der Waals surface area (Å²) in [6, 6.07) is 9.59. The third kappa shape index (κ3) is 2.64. The highest BCUT2D eigenvalue weighted by Crippen LogP contribution is 2.44. The van der Waals surface area contributed by atoms with Crippen LogP contribution in [-0.2, 0) is 16.1 Å². The summed E-state index contributed by atoms with van der Waals surface area (Å²) in [5, 5.41) is 0. The summed E-state index contributed by atoms with van der Waals surface area (Å²) in [6.45, 7) is 0.870. The van der Waals surface area contributed by atoms with E-state index in [0.717, 1.165) is 12.0 Å². The Hall–Kier alpha value is -1.55. The Morgan fingerprint density at radius 1 is 1.33 bits per heavy atom. The fourth-order valence-corrected chi connectivity index (χ4v) is 3.63. The lowest BCUT2D eigenvalue weighted by Crippen LogP contribution is -2.56. The minimum atomic E-state index is -0.321. The minimum Gasteiger partial charge on any atom is -0.445 e. The zero-order valence-electron chi connectivity index (χ0n) is 11.7. The minimum absolute atomic E-state index is 0.000441. The monoisotopic (exact) mass is 307 g/mol. The Labute approximate surface area is 129 Å². The topological polar surface area (TPSA) is 46.6 Å². The Morgan fingerprint density at radius 2 is 2.10 bits per heavy atom. The summed E-state index contributed by atoms with van der Waals surface area (Å²) in [5.41, 5.74) is 0.962. The van der Waals surface area contributed by atoms with Gasteiger partial charge in [0.25, 0.3) is 0 Å². The number of carbonyl (C=O) groups is 2. The number of Topliss-reactive ketones (excluding diaryl/α,β-unsaturated/α-hetero) is 1. The fraction of sp³-hybridized carbons (Fsp3) is 0.500. The maximum atomic E-state index is 12.2. The first kappa shape index (κ1) is 14.4. The van der Waals surface area contributed by atoms with Crippen molar-refractivity contribution in [2.24, 2.45) is 11.8 Å². The molecule has 3 atom stereocenters. The molecule has 5 heteroatoms. The maximum absolute atomic E-state index is 12.2. The van der Waals surface area contributed by atoms with Crippen LogP contribution in [0.25, 0.3) is 0 Å². The van der Waals surface area contributed by atoms with Gasteiger partial charge in [-0.3, -0.25) is 4.79 Å². The number of ketones is 1. The van der Waals surface area contributed by atoms with Crippen LogP contribution in [0.2, 0.25) is 0 Å². The smallest absolute Gasteiger partial charge is 0.410 e. The Bertz CT molecular complexity index is 534. The summed E-state index contributed by atoms with van der Waals surface area (Å²) in [4.78, 5) is 25.9. The van der Waals surface area contributed by atoms with Crippen molar-refractivity contribution in [2.45, 2.75) is 25.5 Å². The molecule has 1 aromatic carbocycles. The van der Waals surface area contributed by atoms with Crippen LogP contribution < -0.4 is 0 Å². The van der Waals surface area contributed by atoms with E-state index in [9.17, 15) is 9.59 Å². The van der Waals surface area contributed by atoms with Gasteiger partial charge in [0.05, 0.1) is 6.04 Å². The van der Waals surface area contributed by atoms with Crippen molar-refractivity contribution >= 4 is 23.5 Å². The molecule has 1 aromatic rings. The molecule has 0 bridgehead atoms. The third-order valence-corrected chi connectivity index (χ3v) is 4.67. The van der Waals surface area contributed by atoms with Crippen LogP contribution in [0.5, 0.6) is 0 Å². The van der Waals surface area contributed by atoms with E-state index in [1.54, 1.807) is 4.90 Å². The molecule has 0 spiro atoms. The second-order valence-corrected chi connectivity index (χ2v) is 5.98. The maximum Gasteiger partial charge on any atom is 0.410 e. The first-order chi connectivity index (χ1) is 10.2.